The number of aromatic nitrogens is 1. The van der Waals surface area contributed by atoms with Crippen molar-refractivity contribution >= 4 is 0 Å². The van der Waals surface area contributed by atoms with E-state index in [1.165, 1.54) is 11.1 Å². The van der Waals surface area contributed by atoms with Crippen molar-refractivity contribution in [3.05, 3.63) is 58.9 Å². The minimum Gasteiger partial charge on any atom is -0.491 e. The summed E-state index contributed by atoms with van der Waals surface area (Å²) in [5.74, 6) is 0.802. The average molecular weight is 254 g/mol. The highest BCUT2D eigenvalue weighted by atomic mass is 16.5. The molecule has 0 spiro atoms. The van der Waals surface area contributed by atoms with Gasteiger partial charge in [-0.1, -0.05) is 23.8 Å². The van der Waals surface area contributed by atoms with E-state index in [9.17, 15) is 0 Å². The third-order valence-electron chi connectivity index (χ3n) is 3.81. The molecule has 2 aromatic rings. The zero-order chi connectivity index (χ0) is 13.5. The van der Waals surface area contributed by atoms with Crippen molar-refractivity contribution in [2.75, 3.05) is 6.61 Å². The van der Waals surface area contributed by atoms with Gasteiger partial charge in [-0.25, -0.2) is 0 Å². The summed E-state index contributed by atoms with van der Waals surface area (Å²) in [5, 5.41) is 0. The lowest BCUT2D eigenvalue weighted by molar-refractivity contribution is 0.232. The van der Waals surface area contributed by atoms with Gasteiger partial charge in [0.15, 0.2) is 0 Å². The molecule has 2 heterocycles. The summed E-state index contributed by atoms with van der Waals surface area (Å²) in [6, 6.07) is 10.2. The predicted molar refractivity (Wildman–Crippen MR) is 75.2 cm³/mol. The fourth-order valence-electron chi connectivity index (χ4n) is 2.86. The Morgan fingerprint density at radius 2 is 2.11 bits per heavy atom. The summed E-state index contributed by atoms with van der Waals surface area (Å²) in [7, 11) is 0. The van der Waals surface area contributed by atoms with E-state index in [1.54, 1.807) is 6.20 Å². The van der Waals surface area contributed by atoms with Gasteiger partial charge in [-0.05, 0) is 37.1 Å². The van der Waals surface area contributed by atoms with Crippen LogP contribution >= 0.6 is 0 Å². The standard InChI is InChI=1S/C16H18N2O/c1-11-5-6-13(12(2)10-11)16(17)7-9-19-14-4-3-8-18-15(14)16/h3-6,8,10H,7,9,17H2,1-2H3/t16-/m0/s1. The first-order chi connectivity index (χ1) is 9.11. The summed E-state index contributed by atoms with van der Waals surface area (Å²) in [6.07, 6.45) is 2.53. The van der Waals surface area contributed by atoms with Gasteiger partial charge < -0.3 is 10.5 Å². The molecule has 0 amide bonds. The third kappa shape index (κ3) is 1.90. The van der Waals surface area contributed by atoms with E-state index in [4.69, 9.17) is 10.5 Å². The molecule has 0 fully saturated rings. The first-order valence-electron chi connectivity index (χ1n) is 6.56. The average Bonchev–Trinajstić information content (AvgIpc) is 2.39. The maximum absolute atomic E-state index is 6.70. The monoisotopic (exact) mass is 254 g/mol. The van der Waals surface area contributed by atoms with Crippen molar-refractivity contribution in [2.45, 2.75) is 25.8 Å². The number of benzene rings is 1. The van der Waals surface area contributed by atoms with Gasteiger partial charge in [-0.3, -0.25) is 4.98 Å². The maximum atomic E-state index is 6.70. The van der Waals surface area contributed by atoms with Gasteiger partial charge in [0.1, 0.15) is 11.4 Å². The number of nitrogens with zero attached hydrogens (tertiary/aromatic N) is 1. The molecule has 0 radical (unpaired) electrons. The van der Waals surface area contributed by atoms with E-state index in [1.807, 2.05) is 12.1 Å². The molecule has 0 aliphatic carbocycles. The van der Waals surface area contributed by atoms with Crippen LogP contribution in [0.1, 0.15) is 28.8 Å². The number of fused-ring (bicyclic) bond motifs is 1. The van der Waals surface area contributed by atoms with Crippen LogP contribution in [0.5, 0.6) is 5.75 Å². The molecule has 0 bridgehead atoms. The zero-order valence-electron chi connectivity index (χ0n) is 11.3. The van der Waals surface area contributed by atoms with Crippen LogP contribution in [0, 0.1) is 13.8 Å². The minimum absolute atomic E-state index is 0.549. The third-order valence-corrected chi connectivity index (χ3v) is 3.81. The number of nitrogens with two attached hydrogens (primary N) is 1. The van der Waals surface area contributed by atoms with Crippen molar-refractivity contribution in [1.82, 2.24) is 4.98 Å². The first kappa shape index (κ1) is 12.2. The summed E-state index contributed by atoms with van der Waals surface area (Å²) in [5.41, 5.74) is 10.6. The van der Waals surface area contributed by atoms with Crippen molar-refractivity contribution in [3.63, 3.8) is 0 Å². The molecule has 2 N–H and O–H groups in total. The molecule has 1 aromatic heterocycles. The normalized spacial score (nSPS) is 21.6. The smallest absolute Gasteiger partial charge is 0.143 e. The van der Waals surface area contributed by atoms with Crippen LogP contribution in [0.2, 0.25) is 0 Å². The summed E-state index contributed by atoms with van der Waals surface area (Å²) < 4.78 is 5.66. The molecule has 3 rings (SSSR count). The molecule has 0 saturated heterocycles. The van der Waals surface area contributed by atoms with Crippen molar-refractivity contribution in [3.8, 4) is 5.75 Å². The van der Waals surface area contributed by atoms with Crippen molar-refractivity contribution in [1.29, 1.82) is 0 Å². The highest BCUT2D eigenvalue weighted by Crippen LogP contribution is 2.39. The Bertz CT molecular complexity index is 624. The van der Waals surface area contributed by atoms with E-state index in [0.717, 1.165) is 23.4 Å². The topological polar surface area (TPSA) is 48.1 Å². The lowest BCUT2D eigenvalue weighted by Crippen LogP contribution is -2.43. The largest absolute Gasteiger partial charge is 0.491 e. The number of rotatable bonds is 1. The molecular formula is C16H18N2O. The molecule has 3 heteroatoms. The van der Waals surface area contributed by atoms with Crippen LogP contribution in [0.25, 0.3) is 0 Å². The molecule has 1 aliphatic rings. The van der Waals surface area contributed by atoms with Crippen LogP contribution in [0.4, 0.5) is 0 Å². The summed E-state index contributed by atoms with van der Waals surface area (Å²) >= 11 is 0. The van der Waals surface area contributed by atoms with Gasteiger partial charge in [0.25, 0.3) is 0 Å². The first-order valence-corrected chi connectivity index (χ1v) is 6.56. The lowest BCUT2D eigenvalue weighted by Gasteiger charge is -2.35. The molecule has 19 heavy (non-hydrogen) atoms. The number of pyridine rings is 1. The Morgan fingerprint density at radius 3 is 2.89 bits per heavy atom. The van der Waals surface area contributed by atoms with Crippen LogP contribution < -0.4 is 10.5 Å². The molecule has 3 nitrogen and oxygen atoms in total. The molecule has 98 valence electrons. The molecule has 1 aromatic carbocycles. The molecular weight excluding hydrogens is 236 g/mol. The van der Waals surface area contributed by atoms with E-state index in [2.05, 4.69) is 37.0 Å². The van der Waals surface area contributed by atoms with Crippen molar-refractivity contribution < 1.29 is 4.74 Å². The van der Waals surface area contributed by atoms with E-state index in [0.29, 0.717) is 6.61 Å². The summed E-state index contributed by atoms with van der Waals surface area (Å²) in [4.78, 5) is 4.46. The van der Waals surface area contributed by atoms with E-state index < -0.39 is 5.54 Å². The van der Waals surface area contributed by atoms with E-state index >= 15 is 0 Å². The number of aryl methyl sites for hydroxylation is 2. The summed E-state index contributed by atoms with van der Waals surface area (Å²) in [6.45, 7) is 4.83. The maximum Gasteiger partial charge on any atom is 0.143 e. The number of ether oxygens (including phenoxy) is 1. The van der Waals surface area contributed by atoms with Gasteiger partial charge in [0.2, 0.25) is 0 Å². The van der Waals surface area contributed by atoms with Crippen LogP contribution in [-0.2, 0) is 5.54 Å². The SMILES string of the molecule is Cc1ccc([C@@]2(N)CCOc3cccnc32)c(C)c1. The highest BCUT2D eigenvalue weighted by Gasteiger charge is 2.38. The Morgan fingerprint density at radius 1 is 1.26 bits per heavy atom. The Balaban J connectivity index is 2.19. The lowest BCUT2D eigenvalue weighted by atomic mass is 9.80. The van der Waals surface area contributed by atoms with Gasteiger partial charge in [-0.15, -0.1) is 0 Å². The zero-order valence-corrected chi connectivity index (χ0v) is 11.3. The molecule has 0 saturated carbocycles. The second-order valence-corrected chi connectivity index (χ2v) is 5.24. The fraction of sp³-hybridized carbons (Fsp3) is 0.312. The van der Waals surface area contributed by atoms with Gasteiger partial charge >= 0.3 is 0 Å². The van der Waals surface area contributed by atoms with Crippen LogP contribution in [-0.4, -0.2) is 11.6 Å². The number of hydrogen-bond acceptors (Lipinski definition) is 3. The van der Waals surface area contributed by atoms with Crippen LogP contribution in [0.15, 0.2) is 36.5 Å². The minimum atomic E-state index is -0.549. The molecule has 1 aliphatic heterocycles. The van der Waals surface area contributed by atoms with E-state index in [-0.39, 0.29) is 0 Å². The second-order valence-electron chi connectivity index (χ2n) is 5.24. The molecule has 1 atom stereocenters. The second kappa shape index (κ2) is 4.35. The Labute approximate surface area is 113 Å². The van der Waals surface area contributed by atoms with Crippen LogP contribution in [0.3, 0.4) is 0 Å². The Kier molecular flexibility index (Phi) is 2.79. The van der Waals surface area contributed by atoms with Gasteiger partial charge in [0, 0.05) is 12.6 Å². The van der Waals surface area contributed by atoms with Gasteiger partial charge in [0.05, 0.1) is 12.1 Å². The van der Waals surface area contributed by atoms with Crippen molar-refractivity contribution in [2.24, 2.45) is 5.73 Å². The fourth-order valence-corrected chi connectivity index (χ4v) is 2.86. The molecule has 0 unspecified atom stereocenters. The van der Waals surface area contributed by atoms with Gasteiger partial charge in [-0.2, -0.15) is 0 Å². The highest BCUT2D eigenvalue weighted by molar-refractivity contribution is 5.47. The quantitative estimate of drug-likeness (QED) is 0.851. The predicted octanol–water partition coefficient (Wildman–Crippen LogP) is 2.68. The Hall–Kier alpha value is -1.87. The number of hydrogen-bond donors (Lipinski definition) is 1.